The zero-order chi connectivity index (χ0) is 18.0. The minimum atomic E-state index is 0. The van der Waals surface area contributed by atoms with Crippen LogP contribution in [0.2, 0.25) is 0 Å². The second-order valence-electron chi connectivity index (χ2n) is 7.69. The van der Waals surface area contributed by atoms with Crippen LogP contribution in [0.1, 0.15) is 31.2 Å². The van der Waals surface area contributed by atoms with E-state index in [1.54, 1.807) is 0 Å². The van der Waals surface area contributed by atoms with Crippen LogP contribution in [-0.2, 0) is 16.1 Å². The Labute approximate surface area is 178 Å². The minimum Gasteiger partial charge on any atom is -0.381 e. The highest BCUT2D eigenvalue weighted by Crippen LogP contribution is 2.38. The van der Waals surface area contributed by atoms with Crippen LogP contribution in [0.5, 0.6) is 0 Å². The lowest BCUT2D eigenvalue weighted by atomic mass is 9.87. The Morgan fingerprint density at radius 1 is 1.33 bits per heavy atom. The number of carbonyl (C=O) groups is 1. The molecule has 1 amide bonds. The predicted molar refractivity (Wildman–Crippen MR) is 118 cm³/mol. The van der Waals surface area contributed by atoms with Gasteiger partial charge in [-0.05, 0) is 37.0 Å². The number of halogens is 1. The molecule has 0 aromatic heterocycles. The third kappa shape index (κ3) is 4.39. The topological polar surface area (TPSA) is 57.2 Å². The lowest BCUT2D eigenvalue weighted by Crippen LogP contribution is -2.41. The Morgan fingerprint density at radius 3 is 2.93 bits per heavy atom. The summed E-state index contributed by atoms with van der Waals surface area (Å²) in [5, 5.41) is 3.49. The number of guanidine groups is 1. The highest BCUT2D eigenvalue weighted by atomic mass is 127. The minimum absolute atomic E-state index is 0. The lowest BCUT2D eigenvalue weighted by Gasteiger charge is -2.25. The maximum atomic E-state index is 12.0. The average Bonchev–Trinajstić information content (AvgIpc) is 3.39. The maximum Gasteiger partial charge on any atom is 0.227 e. The number of amides is 1. The second kappa shape index (κ2) is 8.77. The summed E-state index contributed by atoms with van der Waals surface area (Å²) in [4.78, 5) is 20.7. The molecule has 0 saturated carbocycles. The molecule has 27 heavy (non-hydrogen) atoms. The Balaban J connectivity index is 0.00000210. The molecule has 0 bridgehead atoms. The van der Waals surface area contributed by atoms with Gasteiger partial charge in [-0.1, -0.05) is 12.1 Å². The monoisotopic (exact) mass is 484 g/mol. The number of nitrogens with one attached hydrogen (secondary N) is 1. The molecule has 0 radical (unpaired) electrons. The fourth-order valence-corrected chi connectivity index (χ4v) is 4.36. The summed E-state index contributed by atoms with van der Waals surface area (Å²) < 4.78 is 5.62. The van der Waals surface area contributed by atoms with Crippen molar-refractivity contribution in [1.29, 1.82) is 0 Å². The first-order chi connectivity index (χ1) is 12.7. The van der Waals surface area contributed by atoms with Gasteiger partial charge in [0.15, 0.2) is 5.96 Å². The van der Waals surface area contributed by atoms with E-state index in [0.29, 0.717) is 18.4 Å². The molecule has 148 valence electrons. The number of hydrogen-bond donors (Lipinski definition) is 1. The molecule has 3 saturated heterocycles. The number of hydrogen-bond acceptors (Lipinski definition) is 3. The molecule has 3 aliphatic heterocycles. The largest absolute Gasteiger partial charge is 0.381 e. The predicted octanol–water partition coefficient (Wildman–Crippen LogP) is 2.62. The van der Waals surface area contributed by atoms with Crippen molar-refractivity contribution in [3.63, 3.8) is 0 Å². The van der Waals surface area contributed by atoms with Crippen molar-refractivity contribution in [1.82, 2.24) is 10.2 Å². The molecule has 1 aromatic rings. The van der Waals surface area contributed by atoms with Crippen LogP contribution in [0.25, 0.3) is 0 Å². The van der Waals surface area contributed by atoms with Gasteiger partial charge in [0.05, 0.1) is 6.61 Å². The fraction of sp³-hybridized carbons (Fsp3) is 0.600. The molecule has 3 aliphatic rings. The van der Waals surface area contributed by atoms with Gasteiger partial charge in [-0.2, -0.15) is 0 Å². The van der Waals surface area contributed by atoms with Crippen LogP contribution in [0.4, 0.5) is 5.69 Å². The van der Waals surface area contributed by atoms with E-state index in [-0.39, 0.29) is 29.9 Å². The Hall–Kier alpha value is -1.35. The van der Waals surface area contributed by atoms with Gasteiger partial charge in [0, 0.05) is 57.4 Å². The van der Waals surface area contributed by atoms with Crippen LogP contribution in [-0.4, -0.2) is 56.7 Å². The van der Waals surface area contributed by atoms with Gasteiger partial charge in [-0.25, -0.2) is 0 Å². The smallest absolute Gasteiger partial charge is 0.227 e. The zero-order valence-electron chi connectivity index (χ0n) is 15.9. The first-order valence-electron chi connectivity index (χ1n) is 9.62. The van der Waals surface area contributed by atoms with E-state index in [1.807, 2.05) is 24.1 Å². The molecule has 6 nitrogen and oxygen atoms in total. The van der Waals surface area contributed by atoms with E-state index in [4.69, 9.17) is 4.74 Å². The van der Waals surface area contributed by atoms with Gasteiger partial charge in [-0.3, -0.25) is 9.79 Å². The zero-order valence-corrected chi connectivity index (χ0v) is 18.3. The number of aliphatic imine (C=N–C) groups is 1. The number of ether oxygens (including phenoxy) is 1. The molecule has 4 rings (SSSR count). The van der Waals surface area contributed by atoms with Crippen molar-refractivity contribution in [3.8, 4) is 0 Å². The number of rotatable bonds is 3. The molecular weight excluding hydrogens is 455 g/mol. The summed E-state index contributed by atoms with van der Waals surface area (Å²) in [5.74, 6) is 1.18. The van der Waals surface area contributed by atoms with Crippen molar-refractivity contribution < 1.29 is 9.53 Å². The SMILES string of the molecule is CN=C(NCc1cccc(N2CCCC2=O)c1)N1CCC2(CCOC2)C1.I. The van der Waals surface area contributed by atoms with Gasteiger partial charge in [0.1, 0.15) is 0 Å². The molecule has 1 aromatic carbocycles. The molecule has 7 heteroatoms. The molecular formula is C20H29IN4O2. The number of likely N-dealkylation sites (tertiary alicyclic amines) is 1. The van der Waals surface area contributed by atoms with Crippen molar-refractivity contribution >= 4 is 41.5 Å². The maximum absolute atomic E-state index is 12.0. The first kappa shape index (κ1) is 20.4. The summed E-state index contributed by atoms with van der Waals surface area (Å²) in [5.41, 5.74) is 2.50. The molecule has 3 fully saturated rings. The van der Waals surface area contributed by atoms with Crippen molar-refractivity contribution in [2.24, 2.45) is 10.4 Å². The van der Waals surface area contributed by atoms with Gasteiger partial charge >= 0.3 is 0 Å². The van der Waals surface area contributed by atoms with E-state index < -0.39 is 0 Å². The van der Waals surface area contributed by atoms with E-state index in [1.165, 1.54) is 12.0 Å². The highest BCUT2D eigenvalue weighted by Gasteiger charge is 2.42. The fourth-order valence-electron chi connectivity index (χ4n) is 4.36. The summed E-state index contributed by atoms with van der Waals surface area (Å²) >= 11 is 0. The number of anilines is 1. The van der Waals surface area contributed by atoms with Crippen LogP contribution in [0, 0.1) is 5.41 Å². The average molecular weight is 484 g/mol. The summed E-state index contributed by atoms with van der Waals surface area (Å²) in [6.45, 7) is 5.37. The van der Waals surface area contributed by atoms with Crippen LogP contribution >= 0.6 is 24.0 Å². The molecule has 3 heterocycles. The van der Waals surface area contributed by atoms with Gasteiger partial charge in [-0.15, -0.1) is 24.0 Å². The molecule has 1 spiro atoms. The number of carbonyl (C=O) groups excluding carboxylic acids is 1. The quantitative estimate of drug-likeness (QED) is 0.407. The number of nitrogens with zero attached hydrogens (tertiary/aromatic N) is 3. The van der Waals surface area contributed by atoms with Gasteiger partial charge in [0.25, 0.3) is 0 Å². The van der Waals surface area contributed by atoms with Crippen molar-refractivity contribution in [2.75, 3.05) is 44.8 Å². The second-order valence-corrected chi connectivity index (χ2v) is 7.69. The van der Waals surface area contributed by atoms with Gasteiger partial charge in [0.2, 0.25) is 5.91 Å². The van der Waals surface area contributed by atoms with E-state index >= 15 is 0 Å². The van der Waals surface area contributed by atoms with Crippen LogP contribution < -0.4 is 10.2 Å². The van der Waals surface area contributed by atoms with Crippen LogP contribution in [0.3, 0.4) is 0 Å². The summed E-state index contributed by atoms with van der Waals surface area (Å²) in [6.07, 6.45) is 3.95. The van der Waals surface area contributed by atoms with Crippen LogP contribution in [0.15, 0.2) is 29.3 Å². The Kier molecular flexibility index (Phi) is 6.62. The number of benzene rings is 1. The molecule has 0 aliphatic carbocycles. The van der Waals surface area contributed by atoms with E-state index in [9.17, 15) is 4.79 Å². The molecule has 1 atom stereocenters. The lowest BCUT2D eigenvalue weighted by molar-refractivity contribution is -0.117. The molecule has 1 N–H and O–H groups in total. The summed E-state index contributed by atoms with van der Waals surface area (Å²) in [7, 11) is 1.85. The van der Waals surface area contributed by atoms with Crippen molar-refractivity contribution in [2.45, 2.75) is 32.2 Å². The Bertz CT molecular complexity index is 703. The van der Waals surface area contributed by atoms with Crippen molar-refractivity contribution in [3.05, 3.63) is 29.8 Å². The molecule has 1 unspecified atom stereocenters. The normalized spacial score (nSPS) is 25.4. The van der Waals surface area contributed by atoms with Gasteiger partial charge < -0.3 is 19.9 Å². The first-order valence-corrected chi connectivity index (χ1v) is 9.62. The standard InChI is InChI=1S/C20H28N4O2.HI/c1-21-19(23-10-7-20(14-23)8-11-26-15-20)22-13-16-4-2-5-17(12-16)24-9-3-6-18(24)25;/h2,4-5,12H,3,6-11,13-15H2,1H3,(H,21,22);1H. The Morgan fingerprint density at radius 2 is 2.22 bits per heavy atom. The van der Waals surface area contributed by atoms with E-state index in [0.717, 1.165) is 57.3 Å². The summed E-state index contributed by atoms with van der Waals surface area (Å²) in [6, 6.07) is 8.26. The third-order valence-corrected chi connectivity index (χ3v) is 5.88. The highest BCUT2D eigenvalue weighted by molar-refractivity contribution is 14.0. The third-order valence-electron chi connectivity index (χ3n) is 5.88. The van der Waals surface area contributed by atoms with E-state index in [2.05, 4.69) is 27.3 Å².